The number of fused-ring (bicyclic) bond motifs is 1. The molecule has 0 aliphatic carbocycles. The van der Waals surface area contributed by atoms with Crippen LogP contribution in [0.15, 0.2) is 30.6 Å². The molecule has 4 heteroatoms. The molecule has 4 nitrogen and oxygen atoms in total. The fraction of sp³-hybridized carbons (Fsp3) is 0.417. The van der Waals surface area contributed by atoms with E-state index in [4.69, 9.17) is 0 Å². The maximum Gasteiger partial charge on any atom is 0.137 e. The summed E-state index contributed by atoms with van der Waals surface area (Å²) in [5.41, 5.74) is 1.25. The molecule has 0 bridgehead atoms. The van der Waals surface area contributed by atoms with Crippen LogP contribution < -0.4 is 5.32 Å². The van der Waals surface area contributed by atoms with Gasteiger partial charge >= 0.3 is 0 Å². The molecule has 86 valence electrons. The number of aromatic nitrogens is 2. The first-order valence-corrected chi connectivity index (χ1v) is 5.40. The molecular weight excluding hydrogens is 202 g/mol. The Kier molecular flexibility index (Phi) is 2.94. The Bertz CT molecular complexity index is 437. The van der Waals surface area contributed by atoms with E-state index < -0.39 is 5.60 Å². The van der Waals surface area contributed by atoms with Crippen LogP contribution in [-0.4, -0.2) is 26.6 Å². The number of hydrogen-bond acceptors (Lipinski definition) is 3. The second-order valence-electron chi connectivity index (χ2n) is 4.61. The molecule has 0 atom stereocenters. The summed E-state index contributed by atoms with van der Waals surface area (Å²) >= 11 is 0. The van der Waals surface area contributed by atoms with Crippen LogP contribution >= 0.6 is 0 Å². The first kappa shape index (κ1) is 11.1. The van der Waals surface area contributed by atoms with Crippen molar-refractivity contribution in [2.24, 2.45) is 0 Å². The van der Waals surface area contributed by atoms with Gasteiger partial charge in [0.05, 0.1) is 11.3 Å². The van der Waals surface area contributed by atoms with Gasteiger partial charge < -0.3 is 14.8 Å². The lowest BCUT2D eigenvalue weighted by molar-refractivity contribution is 0.0794. The summed E-state index contributed by atoms with van der Waals surface area (Å²) in [7, 11) is 0. The molecule has 0 radical (unpaired) electrons. The standard InChI is InChI=1S/C12H17N3O/c1-12(2,16)9-13-7-10-8-15-6-4-3-5-11(15)14-10/h3-6,8,13,16H,7,9H2,1-2H3. The summed E-state index contributed by atoms with van der Waals surface area (Å²) in [5.74, 6) is 0. The third-order valence-electron chi connectivity index (χ3n) is 2.28. The molecule has 0 aliphatic heterocycles. The highest BCUT2D eigenvalue weighted by molar-refractivity contribution is 5.39. The topological polar surface area (TPSA) is 49.6 Å². The average Bonchev–Trinajstić information content (AvgIpc) is 2.57. The lowest BCUT2D eigenvalue weighted by atomic mass is 10.1. The number of nitrogens with one attached hydrogen (secondary N) is 1. The molecule has 0 aliphatic rings. The predicted molar refractivity (Wildman–Crippen MR) is 63.2 cm³/mol. The van der Waals surface area contributed by atoms with Crippen molar-refractivity contribution in [1.29, 1.82) is 0 Å². The van der Waals surface area contributed by atoms with Crippen LogP contribution in [0, 0.1) is 0 Å². The Morgan fingerprint density at radius 2 is 2.25 bits per heavy atom. The summed E-state index contributed by atoms with van der Waals surface area (Å²) in [5, 5.41) is 12.7. The van der Waals surface area contributed by atoms with Gasteiger partial charge in [-0.1, -0.05) is 6.07 Å². The van der Waals surface area contributed by atoms with Crippen LogP contribution in [0.25, 0.3) is 5.65 Å². The average molecular weight is 219 g/mol. The second-order valence-corrected chi connectivity index (χ2v) is 4.61. The van der Waals surface area contributed by atoms with Gasteiger partial charge in [-0.3, -0.25) is 0 Å². The van der Waals surface area contributed by atoms with Crippen LogP contribution in [0.3, 0.4) is 0 Å². The third kappa shape index (κ3) is 2.81. The van der Waals surface area contributed by atoms with Gasteiger partial charge in [0.25, 0.3) is 0 Å². The Morgan fingerprint density at radius 3 is 2.94 bits per heavy atom. The van der Waals surface area contributed by atoms with E-state index in [1.165, 1.54) is 0 Å². The summed E-state index contributed by atoms with van der Waals surface area (Å²) in [4.78, 5) is 4.45. The molecule has 2 heterocycles. The molecule has 0 aromatic carbocycles. The molecule has 0 unspecified atom stereocenters. The highest BCUT2D eigenvalue weighted by Crippen LogP contribution is 2.04. The summed E-state index contributed by atoms with van der Waals surface area (Å²) in [6.45, 7) is 4.79. The lowest BCUT2D eigenvalue weighted by Gasteiger charge is -2.16. The van der Waals surface area contributed by atoms with Crippen molar-refractivity contribution in [1.82, 2.24) is 14.7 Å². The molecule has 2 aromatic rings. The zero-order chi connectivity index (χ0) is 11.6. The van der Waals surface area contributed by atoms with Crippen molar-refractivity contribution in [2.75, 3.05) is 6.54 Å². The Morgan fingerprint density at radius 1 is 1.44 bits per heavy atom. The minimum atomic E-state index is -0.681. The molecular formula is C12H17N3O. The first-order valence-electron chi connectivity index (χ1n) is 5.40. The summed E-state index contributed by atoms with van der Waals surface area (Å²) in [6.07, 6.45) is 3.97. The summed E-state index contributed by atoms with van der Waals surface area (Å²) < 4.78 is 1.99. The van der Waals surface area contributed by atoms with Gasteiger partial charge in [0.2, 0.25) is 0 Å². The minimum absolute atomic E-state index is 0.556. The number of rotatable bonds is 4. The summed E-state index contributed by atoms with van der Waals surface area (Å²) in [6, 6.07) is 5.92. The van der Waals surface area contributed by atoms with Crippen molar-refractivity contribution >= 4 is 5.65 Å². The van der Waals surface area contributed by atoms with Crippen LogP contribution in [0.5, 0.6) is 0 Å². The molecule has 0 saturated heterocycles. The number of hydrogen-bond donors (Lipinski definition) is 2. The van der Waals surface area contributed by atoms with Crippen LogP contribution in [0.2, 0.25) is 0 Å². The maximum atomic E-state index is 9.55. The van der Waals surface area contributed by atoms with Crippen molar-refractivity contribution in [3.8, 4) is 0 Å². The molecule has 0 fully saturated rings. The third-order valence-corrected chi connectivity index (χ3v) is 2.28. The zero-order valence-electron chi connectivity index (χ0n) is 9.64. The van der Waals surface area contributed by atoms with Crippen LogP contribution in [0.1, 0.15) is 19.5 Å². The van der Waals surface area contributed by atoms with E-state index in [0.29, 0.717) is 13.1 Å². The fourth-order valence-electron chi connectivity index (χ4n) is 1.57. The van der Waals surface area contributed by atoms with Crippen molar-refractivity contribution in [3.05, 3.63) is 36.3 Å². The van der Waals surface area contributed by atoms with Gasteiger partial charge in [0, 0.05) is 25.5 Å². The zero-order valence-corrected chi connectivity index (χ0v) is 9.64. The van der Waals surface area contributed by atoms with E-state index in [1.54, 1.807) is 13.8 Å². The van der Waals surface area contributed by atoms with Crippen LogP contribution in [0.4, 0.5) is 0 Å². The van der Waals surface area contributed by atoms with E-state index in [1.807, 2.05) is 35.0 Å². The fourth-order valence-corrected chi connectivity index (χ4v) is 1.57. The van der Waals surface area contributed by atoms with E-state index in [9.17, 15) is 5.11 Å². The second kappa shape index (κ2) is 4.23. The van der Waals surface area contributed by atoms with Gasteiger partial charge in [-0.05, 0) is 26.0 Å². The predicted octanol–water partition coefficient (Wildman–Crippen LogP) is 1.19. The Labute approximate surface area is 94.9 Å². The monoisotopic (exact) mass is 219 g/mol. The van der Waals surface area contributed by atoms with Gasteiger partial charge in [0.15, 0.2) is 0 Å². The van der Waals surface area contributed by atoms with Gasteiger partial charge in [-0.2, -0.15) is 0 Å². The van der Waals surface area contributed by atoms with Gasteiger partial charge in [-0.15, -0.1) is 0 Å². The highest BCUT2D eigenvalue weighted by Gasteiger charge is 2.11. The van der Waals surface area contributed by atoms with E-state index in [2.05, 4.69) is 10.3 Å². The molecule has 0 saturated carbocycles. The first-order chi connectivity index (χ1) is 7.54. The van der Waals surface area contributed by atoms with E-state index in [0.717, 1.165) is 11.3 Å². The lowest BCUT2D eigenvalue weighted by Crippen LogP contribution is -2.34. The minimum Gasteiger partial charge on any atom is -0.389 e. The smallest absolute Gasteiger partial charge is 0.137 e. The largest absolute Gasteiger partial charge is 0.389 e. The molecule has 2 rings (SSSR count). The van der Waals surface area contributed by atoms with E-state index >= 15 is 0 Å². The van der Waals surface area contributed by atoms with Crippen molar-refractivity contribution in [2.45, 2.75) is 26.0 Å². The molecule has 0 spiro atoms. The SMILES string of the molecule is CC(C)(O)CNCc1cn2ccccc2n1. The van der Waals surface area contributed by atoms with Crippen molar-refractivity contribution in [3.63, 3.8) is 0 Å². The van der Waals surface area contributed by atoms with Crippen LogP contribution in [-0.2, 0) is 6.54 Å². The molecule has 16 heavy (non-hydrogen) atoms. The Hall–Kier alpha value is -1.39. The number of pyridine rings is 1. The quantitative estimate of drug-likeness (QED) is 0.812. The van der Waals surface area contributed by atoms with Crippen molar-refractivity contribution < 1.29 is 5.11 Å². The number of imidazole rings is 1. The molecule has 2 aromatic heterocycles. The number of nitrogens with zero attached hydrogens (tertiary/aromatic N) is 2. The Balaban J connectivity index is 2.00. The normalized spacial score (nSPS) is 12.2. The molecule has 2 N–H and O–H groups in total. The van der Waals surface area contributed by atoms with Gasteiger partial charge in [0.1, 0.15) is 5.65 Å². The highest BCUT2D eigenvalue weighted by atomic mass is 16.3. The molecule has 0 amide bonds. The maximum absolute atomic E-state index is 9.55. The van der Waals surface area contributed by atoms with E-state index in [-0.39, 0.29) is 0 Å². The number of aliphatic hydroxyl groups is 1. The van der Waals surface area contributed by atoms with Gasteiger partial charge in [-0.25, -0.2) is 4.98 Å².